The third kappa shape index (κ3) is 5.61. The molecule has 0 N–H and O–H groups in total. The Balaban J connectivity index is 1.85. The summed E-state index contributed by atoms with van der Waals surface area (Å²) in [4.78, 5) is 2.31. The molecule has 0 aromatic heterocycles. The van der Waals surface area contributed by atoms with Crippen molar-refractivity contribution in [3.63, 3.8) is 0 Å². The van der Waals surface area contributed by atoms with Gasteiger partial charge in [0.1, 0.15) is 0 Å². The number of halogens is 2. The van der Waals surface area contributed by atoms with Gasteiger partial charge < -0.3 is 4.90 Å². The lowest BCUT2D eigenvalue weighted by atomic mass is 9.93. The quantitative estimate of drug-likeness (QED) is 0.565. The molecule has 1 atom stereocenters. The van der Waals surface area contributed by atoms with Gasteiger partial charge in [-0.05, 0) is 49.8 Å². The molecule has 22 heavy (non-hydrogen) atoms. The van der Waals surface area contributed by atoms with E-state index in [9.17, 15) is 8.42 Å². The van der Waals surface area contributed by atoms with Gasteiger partial charge in [-0.15, -0.1) is 0 Å². The predicted molar refractivity (Wildman–Crippen MR) is 91.4 cm³/mol. The van der Waals surface area contributed by atoms with E-state index < -0.39 is 10.1 Å². The van der Waals surface area contributed by atoms with Gasteiger partial charge in [-0.1, -0.05) is 23.2 Å². The molecule has 124 valence electrons. The van der Waals surface area contributed by atoms with Crippen LogP contribution in [0.2, 0.25) is 10.0 Å². The summed E-state index contributed by atoms with van der Waals surface area (Å²) >= 11 is 12.0. The van der Waals surface area contributed by atoms with Crippen LogP contribution in [0, 0.1) is 5.92 Å². The third-order valence-corrected chi connectivity index (χ3v) is 5.18. The van der Waals surface area contributed by atoms with E-state index in [2.05, 4.69) is 4.90 Å². The molecule has 1 aliphatic rings. The van der Waals surface area contributed by atoms with Crippen LogP contribution in [0.1, 0.15) is 25.7 Å². The molecule has 2 rings (SSSR count). The molecule has 1 aromatic carbocycles. The average molecular weight is 366 g/mol. The monoisotopic (exact) mass is 365 g/mol. The number of piperidine rings is 1. The Bertz CT molecular complexity index is 607. The number of nitrogens with zero attached hydrogens (tertiary/aromatic N) is 1. The van der Waals surface area contributed by atoms with Gasteiger partial charge in [0, 0.05) is 18.8 Å². The van der Waals surface area contributed by atoms with Crippen LogP contribution < -0.4 is 4.90 Å². The summed E-state index contributed by atoms with van der Waals surface area (Å²) in [7, 11) is -3.33. The Hall–Kier alpha value is -0.490. The van der Waals surface area contributed by atoms with E-state index >= 15 is 0 Å². The zero-order valence-corrected chi connectivity index (χ0v) is 14.9. The van der Waals surface area contributed by atoms with Crippen molar-refractivity contribution in [2.24, 2.45) is 5.92 Å². The standard InChI is InChI=1S/C15H21Cl2NO3S/c1-22(19,20)21-9-3-5-12-4-2-8-18(11-12)13-6-7-14(16)15(17)10-13/h6-7,10,12H,2-5,8-9,11H2,1H3. The molecule has 1 aromatic rings. The van der Waals surface area contributed by atoms with Crippen LogP contribution in [0.3, 0.4) is 0 Å². The van der Waals surface area contributed by atoms with Gasteiger partial charge in [-0.2, -0.15) is 8.42 Å². The van der Waals surface area contributed by atoms with Crippen LogP contribution in [0.25, 0.3) is 0 Å². The molecule has 0 spiro atoms. The second kappa shape index (κ2) is 7.86. The molecule has 1 aliphatic heterocycles. The Morgan fingerprint density at radius 1 is 1.32 bits per heavy atom. The summed E-state index contributed by atoms with van der Waals surface area (Å²) in [5, 5.41) is 1.14. The molecule has 0 saturated carbocycles. The summed E-state index contributed by atoms with van der Waals surface area (Å²) < 4.78 is 26.6. The molecule has 1 unspecified atom stereocenters. The van der Waals surface area contributed by atoms with E-state index in [1.54, 1.807) is 0 Å². The predicted octanol–water partition coefficient (Wildman–Crippen LogP) is 3.97. The molecule has 0 bridgehead atoms. The maximum Gasteiger partial charge on any atom is 0.264 e. The molecule has 0 amide bonds. The van der Waals surface area contributed by atoms with Gasteiger partial charge >= 0.3 is 0 Å². The van der Waals surface area contributed by atoms with Crippen molar-refractivity contribution in [3.05, 3.63) is 28.2 Å². The van der Waals surface area contributed by atoms with Crippen molar-refractivity contribution >= 4 is 39.0 Å². The summed E-state index contributed by atoms with van der Waals surface area (Å²) in [6, 6.07) is 5.71. The van der Waals surface area contributed by atoms with Crippen LogP contribution in [-0.2, 0) is 14.3 Å². The lowest BCUT2D eigenvalue weighted by molar-refractivity contribution is 0.287. The Labute approximate surface area is 142 Å². The minimum atomic E-state index is -3.33. The van der Waals surface area contributed by atoms with Crippen LogP contribution in [0.4, 0.5) is 5.69 Å². The fraction of sp³-hybridized carbons (Fsp3) is 0.600. The number of hydrogen-bond acceptors (Lipinski definition) is 4. The Morgan fingerprint density at radius 3 is 2.77 bits per heavy atom. The first-order chi connectivity index (χ1) is 10.3. The minimum Gasteiger partial charge on any atom is -0.371 e. The highest BCUT2D eigenvalue weighted by atomic mass is 35.5. The summed E-state index contributed by atoms with van der Waals surface area (Å²) in [5.74, 6) is 0.548. The van der Waals surface area contributed by atoms with Crippen molar-refractivity contribution in [2.45, 2.75) is 25.7 Å². The number of rotatable bonds is 6. The number of hydrogen-bond donors (Lipinski definition) is 0. The highest BCUT2D eigenvalue weighted by Gasteiger charge is 2.20. The summed E-state index contributed by atoms with van der Waals surface area (Å²) in [6.07, 6.45) is 5.09. The van der Waals surface area contributed by atoms with Crippen LogP contribution >= 0.6 is 23.2 Å². The first-order valence-corrected chi connectivity index (χ1v) is 9.97. The molecule has 4 nitrogen and oxygen atoms in total. The van der Waals surface area contributed by atoms with E-state index in [0.717, 1.165) is 50.7 Å². The van der Waals surface area contributed by atoms with Gasteiger partial charge in [0.2, 0.25) is 0 Å². The second-order valence-electron chi connectivity index (χ2n) is 5.72. The fourth-order valence-electron chi connectivity index (χ4n) is 2.80. The smallest absolute Gasteiger partial charge is 0.264 e. The first kappa shape index (κ1) is 17.9. The van der Waals surface area contributed by atoms with Gasteiger partial charge in [0.05, 0.1) is 22.9 Å². The molecule has 1 fully saturated rings. The molecular weight excluding hydrogens is 345 g/mol. The van der Waals surface area contributed by atoms with Crippen LogP contribution in [0.5, 0.6) is 0 Å². The maximum atomic E-state index is 10.9. The number of benzene rings is 1. The molecule has 0 aliphatic carbocycles. The van der Waals surface area contributed by atoms with E-state index in [-0.39, 0.29) is 6.61 Å². The van der Waals surface area contributed by atoms with E-state index in [1.165, 1.54) is 0 Å². The highest BCUT2D eigenvalue weighted by Crippen LogP contribution is 2.30. The zero-order chi connectivity index (χ0) is 16.2. The molecular formula is C15H21Cl2NO3S. The maximum absolute atomic E-state index is 10.9. The first-order valence-electron chi connectivity index (χ1n) is 7.39. The average Bonchev–Trinajstić information content (AvgIpc) is 2.46. The fourth-order valence-corrected chi connectivity index (χ4v) is 3.51. The summed E-state index contributed by atoms with van der Waals surface area (Å²) in [5.41, 5.74) is 1.09. The lowest BCUT2D eigenvalue weighted by Gasteiger charge is -2.34. The molecule has 7 heteroatoms. The zero-order valence-electron chi connectivity index (χ0n) is 12.6. The lowest BCUT2D eigenvalue weighted by Crippen LogP contribution is -2.35. The van der Waals surface area contributed by atoms with Crippen molar-refractivity contribution in [1.82, 2.24) is 0 Å². The largest absolute Gasteiger partial charge is 0.371 e. The molecule has 1 heterocycles. The van der Waals surface area contributed by atoms with Crippen LogP contribution in [0.15, 0.2) is 18.2 Å². The van der Waals surface area contributed by atoms with Gasteiger partial charge in [-0.3, -0.25) is 4.18 Å². The third-order valence-electron chi connectivity index (χ3n) is 3.84. The van der Waals surface area contributed by atoms with Crippen molar-refractivity contribution in [1.29, 1.82) is 0 Å². The topological polar surface area (TPSA) is 46.6 Å². The molecule has 0 radical (unpaired) electrons. The SMILES string of the molecule is CS(=O)(=O)OCCCC1CCCN(c2ccc(Cl)c(Cl)c2)C1. The Kier molecular flexibility index (Phi) is 6.38. The number of anilines is 1. The van der Waals surface area contributed by atoms with Crippen LogP contribution in [-0.4, -0.2) is 34.4 Å². The summed E-state index contributed by atoms with van der Waals surface area (Å²) in [6.45, 7) is 2.23. The minimum absolute atomic E-state index is 0.266. The van der Waals surface area contributed by atoms with Crippen molar-refractivity contribution in [3.8, 4) is 0 Å². The van der Waals surface area contributed by atoms with Gasteiger partial charge in [0.25, 0.3) is 10.1 Å². The normalized spacial score (nSPS) is 19.4. The van der Waals surface area contributed by atoms with E-state index in [0.29, 0.717) is 16.0 Å². The van der Waals surface area contributed by atoms with E-state index in [4.69, 9.17) is 27.4 Å². The van der Waals surface area contributed by atoms with E-state index in [1.807, 2.05) is 18.2 Å². The van der Waals surface area contributed by atoms with Crippen molar-refractivity contribution in [2.75, 3.05) is 30.9 Å². The Morgan fingerprint density at radius 2 is 2.09 bits per heavy atom. The molecule has 1 saturated heterocycles. The van der Waals surface area contributed by atoms with Gasteiger partial charge in [-0.25, -0.2) is 0 Å². The second-order valence-corrected chi connectivity index (χ2v) is 8.18. The van der Waals surface area contributed by atoms with Gasteiger partial charge in [0.15, 0.2) is 0 Å². The van der Waals surface area contributed by atoms with Crippen molar-refractivity contribution < 1.29 is 12.6 Å². The highest BCUT2D eigenvalue weighted by molar-refractivity contribution is 7.85.